The van der Waals surface area contributed by atoms with E-state index in [0.29, 0.717) is 13.0 Å². The van der Waals surface area contributed by atoms with Crippen LogP contribution in [0.15, 0.2) is 0 Å². The molecule has 1 aliphatic rings. The van der Waals surface area contributed by atoms with E-state index < -0.39 is 0 Å². The third-order valence-corrected chi connectivity index (χ3v) is 3.78. The number of aromatic nitrogens is 4. The van der Waals surface area contributed by atoms with Gasteiger partial charge in [-0.2, -0.15) is 5.26 Å². The molecule has 22 heavy (non-hydrogen) atoms. The van der Waals surface area contributed by atoms with Crippen molar-refractivity contribution in [2.45, 2.75) is 32.9 Å². The van der Waals surface area contributed by atoms with E-state index in [9.17, 15) is 0 Å². The number of nitriles is 1. The first-order chi connectivity index (χ1) is 10.8. The molecule has 0 unspecified atom stereocenters. The van der Waals surface area contributed by atoms with Gasteiger partial charge in [-0.1, -0.05) is 6.92 Å². The summed E-state index contributed by atoms with van der Waals surface area (Å²) in [7, 11) is 0. The quantitative estimate of drug-likeness (QED) is 0.641. The Bertz CT molecular complexity index is 464. The van der Waals surface area contributed by atoms with Crippen LogP contribution in [0.4, 0.5) is 0 Å². The van der Waals surface area contributed by atoms with Gasteiger partial charge in [0.05, 0.1) is 25.8 Å². The summed E-state index contributed by atoms with van der Waals surface area (Å²) >= 11 is 0. The van der Waals surface area contributed by atoms with Crippen LogP contribution in [0.2, 0.25) is 0 Å². The van der Waals surface area contributed by atoms with Crippen LogP contribution in [0.3, 0.4) is 0 Å². The van der Waals surface area contributed by atoms with Crippen molar-refractivity contribution in [2.24, 2.45) is 0 Å². The lowest BCUT2D eigenvalue weighted by atomic mass is 10.3. The second kappa shape index (κ2) is 9.46. The van der Waals surface area contributed by atoms with Crippen molar-refractivity contribution in [1.29, 1.82) is 5.26 Å². The smallest absolute Gasteiger partial charge is 0.165 e. The molecular weight excluding hydrogens is 282 g/mol. The molecule has 1 aromatic heterocycles. The Morgan fingerprint density at radius 3 is 2.82 bits per heavy atom. The average molecular weight is 307 g/mol. The largest absolute Gasteiger partial charge is 0.379 e. The Labute approximate surface area is 131 Å². The number of hydrogen-bond donors (Lipinski definition) is 0. The van der Waals surface area contributed by atoms with E-state index in [1.807, 2.05) is 4.68 Å². The summed E-state index contributed by atoms with van der Waals surface area (Å²) in [6.07, 6.45) is 1.53. The normalized spacial score (nSPS) is 16.0. The van der Waals surface area contributed by atoms with Gasteiger partial charge < -0.3 is 4.74 Å². The number of ether oxygens (including phenoxy) is 1. The average Bonchev–Trinajstić information content (AvgIpc) is 2.98. The number of aryl methyl sites for hydroxylation is 1. The summed E-state index contributed by atoms with van der Waals surface area (Å²) in [5.74, 6) is 0.877. The summed E-state index contributed by atoms with van der Waals surface area (Å²) < 4.78 is 7.23. The van der Waals surface area contributed by atoms with Crippen LogP contribution in [0.5, 0.6) is 0 Å². The highest BCUT2D eigenvalue weighted by Crippen LogP contribution is 2.04. The van der Waals surface area contributed by atoms with Crippen molar-refractivity contribution in [3.63, 3.8) is 0 Å². The van der Waals surface area contributed by atoms with Gasteiger partial charge in [-0.15, -0.1) is 5.10 Å². The second-order valence-electron chi connectivity index (χ2n) is 5.46. The maximum Gasteiger partial charge on any atom is 0.165 e. The van der Waals surface area contributed by atoms with Crippen molar-refractivity contribution in [1.82, 2.24) is 30.0 Å². The van der Waals surface area contributed by atoms with Crippen molar-refractivity contribution in [3.05, 3.63) is 5.82 Å². The van der Waals surface area contributed by atoms with E-state index in [2.05, 4.69) is 38.3 Å². The SMILES string of the molecule is CCCn1nnnc1CN(CCC#N)CCN1CCOCC1. The molecule has 1 saturated heterocycles. The highest BCUT2D eigenvalue weighted by Gasteiger charge is 2.15. The molecule has 0 aliphatic carbocycles. The fourth-order valence-electron chi connectivity index (χ4n) is 2.51. The third kappa shape index (κ3) is 5.33. The third-order valence-electron chi connectivity index (χ3n) is 3.78. The van der Waals surface area contributed by atoms with E-state index >= 15 is 0 Å². The number of tetrazole rings is 1. The minimum Gasteiger partial charge on any atom is -0.379 e. The molecule has 0 bridgehead atoms. The van der Waals surface area contributed by atoms with Crippen LogP contribution in [0, 0.1) is 11.3 Å². The lowest BCUT2D eigenvalue weighted by molar-refractivity contribution is 0.0328. The monoisotopic (exact) mass is 307 g/mol. The number of hydrogen-bond acceptors (Lipinski definition) is 7. The van der Waals surface area contributed by atoms with Gasteiger partial charge in [0.1, 0.15) is 0 Å². The van der Waals surface area contributed by atoms with Gasteiger partial charge >= 0.3 is 0 Å². The molecule has 0 N–H and O–H groups in total. The molecule has 8 nitrogen and oxygen atoms in total. The lowest BCUT2D eigenvalue weighted by Crippen LogP contribution is -2.41. The molecule has 122 valence electrons. The van der Waals surface area contributed by atoms with Gasteiger partial charge in [0, 0.05) is 45.7 Å². The minimum atomic E-state index is 0.526. The Morgan fingerprint density at radius 1 is 1.27 bits per heavy atom. The zero-order valence-electron chi connectivity index (χ0n) is 13.3. The molecule has 2 rings (SSSR count). The summed E-state index contributed by atoms with van der Waals surface area (Å²) in [4.78, 5) is 4.66. The number of nitrogens with zero attached hydrogens (tertiary/aromatic N) is 7. The Morgan fingerprint density at radius 2 is 2.09 bits per heavy atom. The Balaban J connectivity index is 1.87. The zero-order chi connectivity index (χ0) is 15.6. The van der Waals surface area contributed by atoms with Crippen molar-refractivity contribution >= 4 is 0 Å². The first-order valence-corrected chi connectivity index (χ1v) is 7.98. The van der Waals surface area contributed by atoms with E-state index in [1.54, 1.807) is 0 Å². The maximum absolute atomic E-state index is 8.85. The Kier molecular flexibility index (Phi) is 7.22. The summed E-state index contributed by atoms with van der Waals surface area (Å²) in [6.45, 7) is 9.89. The summed E-state index contributed by atoms with van der Waals surface area (Å²) in [5.41, 5.74) is 0. The molecule has 0 amide bonds. The molecule has 1 fully saturated rings. The van der Waals surface area contributed by atoms with Gasteiger partial charge in [0.15, 0.2) is 5.82 Å². The zero-order valence-corrected chi connectivity index (χ0v) is 13.3. The predicted molar refractivity (Wildman–Crippen MR) is 80.9 cm³/mol. The highest BCUT2D eigenvalue weighted by atomic mass is 16.5. The standard InChI is InChI=1S/C14H25N7O/c1-2-5-21-14(16-17-18-21)13-20(6-3-4-15)8-7-19-9-11-22-12-10-19/h2-3,5-13H2,1H3. The summed E-state index contributed by atoms with van der Waals surface area (Å²) in [5, 5.41) is 20.8. The van der Waals surface area contributed by atoms with Gasteiger partial charge in [-0.3, -0.25) is 9.80 Å². The van der Waals surface area contributed by atoms with E-state index in [4.69, 9.17) is 10.00 Å². The van der Waals surface area contributed by atoms with Crippen LogP contribution >= 0.6 is 0 Å². The molecule has 0 spiro atoms. The molecule has 0 aromatic carbocycles. The Hall–Kier alpha value is -1.56. The highest BCUT2D eigenvalue weighted by molar-refractivity contribution is 4.83. The molecule has 1 aromatic rings. The van der Waals surface area contributed by atoms with Gasteiger partial charge in [0.2, 0.25) is 0 Å². The van der Waals surface area contributed by atoms with Gasteiger partial charge in [-0.25, -0.2) is 4.68 Å². The fraction of sp³-hybridized carbons (Fsp3) is 0.857. The molecule has 8 heteroatoms. The van der Waals surface area contributed by atoms with Crippen LogP contribution in [0.25, 0.3) is 0 Å². The number of morpholine rings is 1. The second-order valence-corrected chi connectivity index (χ2v) is 5.46. The maximum atomic E-state index is 8.85. The van der Waals surface area contributed by atoms with Gasteiger partial charge in [0.25, 0.3) is 0 Å². The first-order valence-electron chi connectivity index (χ1n) is 7.98. The first kappa shape index (κ1) is 16.8. The molecule has 1 aliphatic heterocycles. The predicted octanol–water partition coefficient (Wildman–Crippen LogP) is 0.131. The van der Waals surface area contributed by atoms with Crippen molar-refractivity contribution < 1.29 is 4.74 Å². The van der Waals surface area contributed by atoms with Crippen molar-refractivity contribution in [2.75, 3.05) is 45.9 Å². The fourth-order valence-corrected chi connectivity index (χ4v) is 2.51. The number of rotatable bonds is 9. The lowest BCUT2D eigenvalue weighted by Gasteiger charge is -2.29. The van der Waals surface area contributed by atoms with Crippen molar-refractivity contribution in [3.8, 4) is 6.07 Å². The molecule has 0 radical (unpaired) electrons. The van der Waals surface area contributed by atoms with Crippen LogP contribution < -0.4 is 0 Å². The van der Waals surface area contributed by atoms with E-state index in [0.717, 1.165) is 64.7 Å². The van der Waals surface area contributed by atoms with Crippen LogP contribution in [0.1, 0.15) is 25.6 Å². The van der Waals surface area contributed by atoms with Gasteiger partial charge in [-0.05, 0) is 16.8 Å². The van der Waals surface area contributed by atoms with Crippen LogP contribution in [-0.4, -0.2) is 75.9 Å². The molecule has 0 saturated carbocycles. The molecule has 0 atom stereocenters. The summed E-state index contributed by atoms with van der Waals surface area (Å²) in [6, 6.07) is 2.22. The van der Waals surface area contributed by atoms with Crippen LogP contribution in [-0.2, 0) is 17.8 Å². The topological polar surface area (TPSA) is 83.1 Å². The van der Waals surface area contributed by atoms with E-state index in [1.165, 1.54) is 0 Å². The minimum absolute atomic E-state index is 0.526. The molecular formula is C14H25N7O. The van der Waals surface area contributed by atoms with E-state index in [-0.39, 0.29) is 0 Å². The molecule has 2 heterocycles.